The first-order valence-electron chi connectivity index (χ1n) is 9.40. The number of para-hydroxylation sites is 1. The van der Waals surface area contributed by atoms with Crippen molar-refractivity contribution >= 4 is 12.4 Å². The van der Waals surface area contributed by atoms with Crippen LogP contribution in [0.1, 0.15) is 38.7 Å². The van der Waals surface area contributed by atoms with Crippen molar-refractivity contribution < 1.29 is 9.84 Å². The third-order valence-corrected chi connectivity index (χ3v) is 5.16. The van der Waals surface area contributed by atoms with Gasteiger partial charge in [0.2, 0.25) is 0 Å². The molecule has 1 unspecified atom stereocenters. The summed E-state index contributed by atoms with van der Waals surface area (Å²) in [6.07, 6.45) is 3.82. The van der Waals surface area contributed by atoms with E-state index < -0.39 is 0 Å². The van der Waals surface area contributed by atoms with Gasteiger partial charge in [-0.25, -0.2) is 0 Å². The highest BCUT2D eigenvalue weighted by molar-refractivity contribution is 5.85. The van der Waals surface area contributed by atoms with Crippen LogP contribution >= 0.6 is 12.4 Å². The lowest BCUT2D eigenvalue weighted by Gasteiger charge is -2.21. The summed E-state index contributed by atoms with van der Waals surface area (Å²) in [4.78, 5) is 0. The Bertz CT molecular complexity index is 647. The number of ether oxygens (including phenoxy) is 1. The molecule has 0 amide bonds. The fraction of sp³-hybridized carbons (Fsp3) is 0.455. The van der Waals surface area contributed by atoms with Crippen molar-refractivity contribution in [2.45, 2.75) is 57.7 Å². The summed E-state index contributed by atoms with van der Waals surface area (Å²) >= 11 is 0. The zero-order valence-corrected chi connectivity index (χ0v) is 16.4. The summed E-state index contributed by atoms with van der Waals surface area (Å²) in [5, 5.41) is 13.9. The molecule has 3 rings (SSSR count). The van der Waals surface area contributed by atoms with Gasteiger partial charge >= 0.3 is 0 Å². The Morgan fingerprint density at radius 1 is 1.04 bits per heavy atom. The number of benzene rings is 2. The summed E-state index contributed by atoms with van der Waals surface area (Å²) in [5.41, 5.74) is 1.31. The Hall–Kier alpha value is -1.55. The zero-order valence-electron chi connectivity index (χ0n) is 15.6. The Morgan fingerprint density at radius 2 is 1.69 bits per heavy atom. The van der Waals surface area contributed by atoms with Crippen LogP contribution in [-0.4, -0.2) is 23.3 Å². The fourth-order valence-corrected chi connectivity index (χ4v) is 3.60. The molecule has 0 aliphatic heterocycles. The molecule has 1 aliphatic rings. The average Bonchev–Trinajstić information content (AvgIpc) is 2.96. The summed E-state index contributed by atoms with van der Waals surface area (Å²) < 4.78 is 5.84. The minimum Gasteiger partial charge on any atom is -0.457 e. The van der Waals surface area contributed by atoms with Gasteiger partial charge in [-0.1, -0.05) is 37.3 Å². The van der Waals surface area contributed by atoms with Crippen LogP contribution in [0.5, 0.6) is 11.5 Å². The molecule has 1 saturated carbocycles. The highest BCUT2D eigenvalue weighted by Crippen LogP contribution is 2.30. The van der Waals surface area contributed by atoms with Gasteiger partial charge in [0.1, 0.15) is 11.5 Å². The topological polar surface area (TPSA) is 41.5 Å². The second kappa shape index (κ2) is 9.96. The van der Waals surface area contributed by atoms with E-state index in [1.54, 1.807) is 0 Å². The number of aliphatic hydroxyl groups excluding tert-OH is 1. The molecule has 2 aromatic carbocycles. The molecule has 0 spiro atoms. The first-order valence-corrected chi connectivity index (χ1v) is 9.40. The maximum Gasteiger partial charge on any atom is 0.127 e. The summed E-state index contributed by atoms with van der Waals surface area (Å²) in [6.45, 7) is 4.36. The van der Waals surface area contributed by atoms with Gasteiger partial charge in [0.15, 0.2) is 0 Å². The number of halogens is 1. The first-order chi connectivity index (χ1) is 12.1. The van der Waals surface area contributed by atoms with Crippen molar-refractivity contribution in [3.05, 3.63) is 60.2 Å². The van der Waals surface area contributed by atoms with Crippen molar-refractivity contribution in [2.24, 2.45) is 5.92 Å². The lowest BCUT2D eigenvalue weighted by Crippen LogP contribution is -2.40. The summed E-state index contributed by atoms with van der Waals surface area (Å²) in [7, 11) is 0. The van der Waals surface area contributed by atoms with Crippen LogP contribution in [0.25, 0.3) is 0 Å². The molecule has 0 saturated heterocycles. The smallest absolute Gasteiger partial charge is 0.127 e. The van der Waals surface area contributed by atoms with Crippen molar-refractivity contribution in [2.75, 3.05) is 0 Å². The molecule has 0 aromatic heterocycles. The Labute approximate surface area is 163 Å². The third kappa shape index (κ3) is 5.73. The minimum atomic E-state index is -0.223. The van der Waals surface area contributed by atoms with E-state index in [0.29, 0.717) is 12.0 Å². The highest BCUT2D eigenvalue weighted by Gasteiger charge is 2.33. The molecule has 2 aromatic rings. The zero-order chi connectivity index (χ0) is 17.6. The van der Waals surface area contributed by atoms with Crippen molar-refractivity contribution in [1.29, 1.82) is 0 Å². The molecule has 1 fully saturated rings. The van der Waals surface area contributed by atoms with Crippen LogP contribution in [0, 0.1) is 5.92 Å². The van der Waals surface area contributed by atoms with Crippen LogP contribution < -0.4 is 10.1 Å². The fourth-order valence-electron chi connectivity index (χ4n) is 3.60. The van der Waals surface area contributed by atoms with Gasteiger partial charge in [0, 0.05) is 12.1 Å². The molecule has 1 aliphatic carbocycles. The molecule has 0 radical (unpaired) electrons. The molecule has 26 heavy (non-hydrogen) atoms. The van der Waals surface area contributed by atoms with Gasteiger partial charge in [0.05, 0.1) is 6.10 Å². The SMILES string of the molecule is CCC(C)N[C@@H]1C[C@@H](Cc2ccc(Oc3ccccc3)cc2)C[C@H]1O.Cl. The van der Waals surface area contributed by atoms with Gasteiger partial charge in [-0.3, -0.25) is 0 Å². The van der Waals surface area contributed by atoms with E-state index in [9.17, 15) is 5.11 Å². The monoisotopic (exact) mass is 375 g/mol. The predicted molar refractivity (Wildman–Crippen MR) is 109 cm³/mol. The predicted octanol–water partition coefficient (Wildman–Crippen LogP) is 4.97. The molecular weight excluding hydrogens is 346 g/mol. The van der Waals surface area contributed by atoms with E-state index in [2.05, 4.69) is 31.3 Å². The number of hydrogen-bond acceptors (Lipinski definition) is 3. The van der Waals surface area contributed by atoms with Crippen LogP contribution in [0.4, 0.5) is 0 Å². The Morgan fingerprint density at radius 3 is 2.35 bits per heavy atom. The van der Waals surface area contributed by atoms with Crippen molar-refractivity contribution in [3.63, 3.8) is 0 Å². The van der Waals surface area contributed by atoms with Gasteiger partial charge in [0.25, 0.3) is 0 Å². The first kappa shape index (κ1) is 20.8. The van der Waals surface area contributed by atoms with E-state index in [1.807, 2.05) is 42.5 Å². The molecular formula is C22H30ClNO2. The highest BCUT2D eigenvalue weighted by atomic mass is 35.5. The quantitative estimate of drug-likeness (QED) is 0.717. The van der Waals surface area contributed by atoms with Gasteiger partial charge in [-0.05, 0) is 68.4 Å². The second-order valence-corrected chi connectivity index (χ2v) is 7.25. The van der Waals surface area contributed by atoms with E-state index in [-0.39, 0.29) is 24.6 Å². The summed E-state index contributed by atoms with van der Waals surface area (Å²) in [6, 6.07) is 18.9. The van der Waals surface area contributed by atoms with Gasteiger partial charge < -0.3 is 15.2 Å². The third-order valence-electron chi connectivity index (χ3n) is 5.16. The Balaban J connectivity index is 0.00000243. The van der Waals surface area contributed by atoms with Gasteiger partial charge in [-0.2, -0.15) is 0 Å². The van der Waals surface area contributed by atoms with E-state index in [4.69, 9.17) is 4.74 Å². The maximum atomic E-state index is 10.3. The van der Waals surface area contributed by atoms with E-state index >= 15 is 0 Å². The maximum absolute atomic E-state index is 10.3. The molecule has 0 heterocycles. The molecule has 2 N–H and O–H groups in total. The average molecular weight is 376 g/mol. The molecule has 142 valence electrons. The number of rotatable bonds is 7. The van der Waals surface area contributed by atoms with Crippen LogP contribution in [-0.2, 0) is 6.42 Å². The summed E-state index contributed by atoms with van der Waals surface area (Å²) in [5.74, 6) is 2.25. The number of hydrogen-bond donors (Lipinski definition) is 2. The van der Waals surface area contributed by atoms with Crippen LogP contribution in [0.3, 0.4) is 0 Å². The molecule has 4 heteroatoms. The van der Waals surface area contributed by atoms with E-state index in [1.165, 1.54) is 5.56 Å². The minimum absolute atomic E-state index is 0. The lowest BCUT2D eigenvalue weighted by atomic mass is 9.97. The number of nitrogens with one attached hydrogen (secondary N) is 1. The molecule has 3 nitrogen and oxygen atoms in total. The Kier molecular flexibility index (Phi) is 7.95. The number of aliphatic hydroxyl groups is 1. The molecule has 0 bridgehead atoms. The van der Waals surface area contributed by atoms with E-state index in [0.717, 1.165) is 37.2 Å². The van der Waals surface area contributed by atoms with Crippen molar-refractivity contribution in [1.82, 2.24) is 5.32 Å². The van der Waals surface area contributed by atoms with Gasteiger partial charge in [-0.15, -0.1) is 12.4 Å². The van der Waals surface area contributed by atoms with Crippen molar-refractivity contribution in [3.8, 4) is 11.5 Å². The van der Waals surface area contributed by atoms with Crippen LogP contribution in [0.2, 0.25) is 0 Å². The molecule has 4 atom stereocenters. The largest absolute Gasteiger partial charge is 0.457 e. The second-order valence-electron chi connectivity index (χ2n) is 7.25. The standard InChI is InChI=1S/C22H29NO2.ClH/c1-3-16(2)23-21-14-18(15-22(21)24)13-17-9-11-20(12-10-17)25-19-7-5-4-6-8-19;/h4-12,16,18,21-24H,3,13-15H2,1-2H3;1H/t16?,18-,21-,22-;/m1./s1. The lowest BCUT2D eigenvalue weighted by molar-refractivity contribution is 0.141. The normalized spacial score (nSPS) is 23.3. The van der Waals surface area contributed by atoms with Crippen LogP contribution in [0.15, 0.2) is 54.6 Å².